The predicted octanol–water partition coefficient (Wildman–Crippen LogP) is 2.16. The summed E-state index contributed by atoms with van der Waals surface area (Å²) in [5.41, 5.74) is 0.907. The van der Waals surface area contributed by atoms with Crippen LogP contribution in [0.1, 0.15) is 31.9 Å². The number of nitrogens with one attached hydrogen (secondary N) is 1. The van der Waals surface area contributed by atoms with Gasteiger partial charge in [-0.1, -0.05) is 26.0 Å². The second kappa shape index (κ2) is 8.89. The first-order valence-electron chi connectivity index (χ1n) is 8.42. The molecule has 0 saturated carbocycles. The highest BCUT2D eigenvalue weighted by molar-refractivity contribution is 7.89. The van der Waals surface area contributed by atoms with Crippen LogP contribution in [0.5, 0.6) is 0 Å². The summed E-state index contributed by atoms with van der Waals surface area (Å²) in [5, 5.41) is 0. The molecule has 1 aromatic rings. The fourth-order valence-electron chi connectivity index (χ4n) is 2.70. The standard InChI is InChI=1S/C17H27FN2O3S/c1-14(2)7-12-24(21,22)19-13-17(20-8-10-23-11-9-20)15-3-5-16(18)6-4-15/h3-6,14,17,19H,7-13H2,1-2H3. The van der Waals surface area contributed by atoms with E-state index in [1.165, 1.54) is 12.1 Å². The lowest BCUT2D eigenvalue weighted by atomic mass is 10.0. The zero-order chi connectivity index (χ0) is 17.6. The first kappa shape index (κ1) is 19.3. The molecule has 1 saturated heterocycles. The van der Waals surface area contributed by atoms with Crippen LogP contribution in [0.4, 0.5) is 4.39 Å². The molecule has 1 aromatic carbocycles. The van der Waals surface area contributed by atoms with E-state index in [-0.39, 0.29) is 24.2 Å². The van der Waals surface area contributed by atoms with Crippen molar-refractivity contribution >= 4 is 10.0 Å². The van der Waals surface area contributed by atoms with E-state index in [2.05, 4.69) is 9.62 Å². The fourth-order valence-corrected chi connectivity index (χ4v) is 4.04. The Morgan fingerprint density at radius 1 is 1.21 bits per heavy atom. The highest BCUT2D eigenvalue weighted by Gasteiger charge is 2.24. The van der Waals surface area contributed by atoms with Gasteiger partial charge in [0.2, 0.25) is 10.0 Å². The molecule has 0 aliphatic carbocycles. The quantitative estimate of drug-likeness (QED) is 0.774. The summed E-state index contributed by atoms with van der Waals surface area (Å²) < 4.78 is 45.7. The maximum atomic E-state index is 13.2. The van der Waals surface area contributed by atoms with E-state index in [9.17, 15) is 12.8 Å². The first-order valence-corrected chi connectivity index (χ1v) is 10.1. The molecule has 0 bridgehead atoms. The van der Waals surface area contributed by atoms with Gasteiger partial charge >= 0.3 is 0 Å². The highest BCUT2D eigenvalue weighted by Crippen LogP contribution is 2.22. The summed E-state index contributed by atoms with van der Waals surface area (Å²) >= 11 is 0. The van der Waals surface area contributed by atoms with Crippen molar-refractivity contribution < 1.29 is 17.5 Å². The predicted molar refractivity (Wildman–Crippen MR) is 92.8 cm³/mol. The van der Waals surface area contributed by atoms with Gasteiger partial charge in [-0.05, 0) is 30.0 Å². The molecule has 7 heteroatoms. The van der Waals surface area contributed by atoms with Gasteiger partial charge in [0.05, 0.1) is 19.0 Å². The monoisotopic (exact) mass is 358 g/mol. The molecule has 1 aliphatic rings. The zero-order valence-corrected chi connectivity index (χ0v) is 15.2. The molecule has 1 heterocycles. The molecule has 136 valence electrons. The maximum Gasteiger partial charge on any atom is 0.211 e. The van der Waals surface area contributed by atoms with Gasteiger partial charge in [-0.3, -0.25) is 4.90 Å². The van der Waals surface area contributed by atoms with Gasteiger partial charge < -0.3 is 4.74 Å². The molecular formula is C17H27FN2O3S. The number of hydrogen-bond acceptors (Lipinski definition) is 4. The Balaban J connectivity index is 2.06. The lowest BCUT2D eigenvalue weighted by Gasteiger charge is -2.35. The number of morpholine rings is 1. The van der Waals surface area contributed by atoms with Crippen LogP contribution in [0.3, 0.4) is 0 Å². The van der Waals surface area contributed by atoms with Crippen molar-refractivity contribution in [1.29, 1.82) is 0 Å². The van der Waals surface area contributed by atoms with Crippen LogP contribution < -0.4 is 4.72 Å². The molecule has 1 aliphatic heterocycles. The van der Waals surface area contributed by atoms with E-state index < -0.39 is 10.0 Å². The molecule has 1 atom stereocenters. The lowest BCUT2D eigenvalue weighted by molar-refractivity contribution is 0.0172. The van der Waals surface area contributed by atoms with E-state index in [1.54, 1.807) is 12.1 Å². The van der Waals surface area contributed by atoms with Crippen LogP contribution in [0.15, 0.2) is 24.3 Å². The van der Waals surface area contributed by atoms with Crippen molar-refractivity contribution in [2.45, 2.75) is 26.3 Å². The van der Waals surface area contributed by atoms with Crippen LogP contribution in [0.2, 0.25) is 0 Å². The minimum absolute atomic E-state index is 0.122. The van der Waals surface area contributed by atoms with Gasteiger partial charge in [-0.15, -0.1) is 0 Å². The first-order chi connectivity index (χ1) is 11.4. The number of nitrogens with zero attached hydrogens (tertiary/aromatic N) is 1. The summed E-state index contributed by atoms with van der Waals surface area (Å²) in [4.78, 5) is 2.18. The Labute approximate surface area is 144 Å². The Bertz CT molecular complexity index is 599. The average Bonchev–Trinajstić information content (AvgIpc) is 2.56. The topological polar surface area (TPSA) is 58.6 Å². The lowest BCUT2D eigenvalue weighted by Crippen LogP contribution is -2.44. The fraction of sp³-hybridized carbons (Fsp3) is 0.647. The van der Waals surface area contributed by atoms with E-state index in [4.69, 9.17) is 4.74 Å². The van der Waals surface area contributed by atoms with Gasteiger partial charge in [0.25, 0.3) is 0 Å². The van der Waals surface area contributed by atoms with Crippen molar-refractivity contribution in [3.63, 3.8) is 0 Å². The number of rotatable bonds is 8. The molecular weight excluding hydrogens is 331 g/mol. The molecule has 0 radical (unpaired) electrons. The van der Waals surface area contributed by atoms with E-state index in [1.807, 2.05) is 13.8 Å². The molecule has 5 nitrogen and oxygen atoms in total. The van der Waals surface area contributed by atoms with E-state index >= 15 is 0 Å². The van der Waals surface area contributed by atoms with Crippen molar-refractivity contribution in [2.24, 2.45) is 5.92 Å². The van der Waals surface area contributed by atoms with Crippen LogP contribution in [0.25, 0.3) is 0 Å². The third-order valence-corrected chi connectivity index (χ3v) is 5.58. The number of benzene rings is 1. The van der Waals surface area contributed by atoms with Crippen LogP contribution in [0, 0.1) is 11.7 Å². The highest BCUT2D eigenvalue weighted by atomic mass is 32.2. The third-order valence-electron chi connectivity index (χ3n) is 4.20. The summed E-state index contributed by atoms with van der Waals surface area (Å²) in [5.74, 6) is 0.176. The second-order valence-corrected chi connectivity index (χ2v) is 8.49. The maximum absolute atomic E-state index is 13.2. The molecule has 0 spiro atoms. The van der Waals surface area contributed by atoms with Crippen molar-refractivity contribution in [3.05, 3.63) is 35.6 Å². The second-order valence-electron chi connectivity index (χ2n) is 6.57. The van der Waals surface area contributed by atoms with Crippen LogP contribution in [-0.2, 0) is 14.8 Å². The normalized spacial score (nSPS) is 18.0. The van der Waals surface area contributed by atoms with Crippen molar-refractivity contribution in [2.75, 3.05) is 38.6 Å². The Morgan fingerprint density at radius 3 is 2.42 bits per heavy atom. The van der Waals surface area contributed by atoms with E-state index in [0.717, 1.165) is 18.7 Å². The molecule has 1 N–H and O–H groups in total. The minimum Gasteiger partial charge on any atom is -0.379 e. The van der Waals surface area contributed by atoms with Gasteiger partial charge in [-0.25, -0.2) is 17.5 Å². The molecule has 24 heavy (non-hydrogen) atoms. The molecule has 1 unspecified atom stereocenters. The number of hydrogen-bond donors (Lipinski definition) is 1. The zero-order valence-electron chi connectivity index (χ0n) is 14.4. The number of halogens is 1. The summed E-state index contributed by atoms with van der Waals surface area (Å²) in [7, 11) is -3.31. The summed E-state index contributed by atoms with van der Waals surface area (Å²) in [6, 6.07) is 6.14. The Kier molecular flexibility index (Phi) is 7.16. The van der Waals surface area contributed by atoms with Gasteiger partial charge in [0.1, 0.15) is 5.82 Å². The van der Waals surface area contributed by atoms with Crippen molar-refractivity contribution in [1.82, 2.24) is 9.62 Å². The largest absolute Gasteiger partial charge is 0.379 e. The van der Waals surface area contributed by atoms with Gasteiger partial charge in [0, 0.05) is 25.7 Å². The minimum atomic E-state index is -3.31. The Hall–Kier alpha value is -1.02. The molecule has 0 aromatic heterocycles. The van der Waals surface area contributed by atoms with Crippen LogP contribution >= 0.6 is 0 Å². The van der Waals surface area contributed by atoms with Crippen molar-refractivity contribution in [3.8, 4) is 0 Å². The SMILES string of the molecule is CC(C)CCS(=O)(=O)NCC(c1ccc(F)cc1)N1CCOCC1. The summed E-state index contributed by atoms with van der Waals surface area (Å²) in [6.45, 7) is 7.00. The summed E-state index contributed by atoms with van der Waals surface area (Å²) in [6.07, 6.45) is 0.633. The Morgan fingerprint density at radius 2 is 1.83 bits per heavy atom. The third kappa shape index (κ3) is 6.12. The molecule has 0 amide bonds. The van der Waals surface area contributed by atoms with Crippen LogP contribution in [-0.4, -0.2) is 51.9 Å². The number of sulfonamides is 1. The molecule has 1 fully saturated rings. The molecule has 2 rings (SSSR count). The average molecular weight is 358 g/mol. The van der Waals surface area contributed by atoms with Gasteiger partial charge in [0.15, 0.2) is 0 Å². The van der Waals surface area contributed by atoms with E-state index in [0.29, 0.717) is 25.6 Å². The smallest absolute Gasteiger partial charge is 0.211 e. The number of ether oxygens (including phenoxy) is 1. The van der Waals surface area contributed by atoms with Gasteiger partial charge in [-0.2, -0.15) is 0 Å².